The molecule has 1 fully saturated rings. The Morgan fingerprint density at radius 1 is 0.848 bits per heavy atom. The maximum Gasteiger partial charge on any atom is 0.243 e. The molecule has 0 amide bonds. The van der Waals surface area contributed by atoms with Crippen molar-refractivity contribution in [2.75, 3.05) is 26.3 Å². The Balaban J connectivity index is 1.86. The molecule has 7 nitrogen and oxygen atoms in total. The van der Waals surface area contributed by atoms with Gasteiger partial charge in [0.15, 0.2) is 0 Å². The molecule has 1 aliphatic heterocycles. The van der Waals surface area contributed by atoms with Gasteiger partial charge in [-0.2, -0.15) is 4.31 Å². The monoisotopic (exact) mass is 469 g/mol. The predicted octanol–water partition coefficient (Wildman–Crippen LogP) is 4.24. The van der Waals surface area contributed by atoms with E-state index in [4.69, 9.17) is 9.68 Å². The maximum absolute atomic E-state index is 13.6. The van der Waals surface area contributed by atoms with E-state index >= 15 is 0 Å². The molecule has 0 bridgehead atoms. The number of oxime groups is 2. The minimum Gasteiger partial charge on any atom is -0.396 e. The summed E-state index contributed by atoms with van der Waals surface area (Å²) in [5.41, 5.74) is 4.37. The van der Waals surface area contributed by atoms with E-state index in [0.717, 1.165) is 23.1 Å². The fraction of sp³-hybridized carbons (Fsp3) is 0.440. The van der Waals surface area contributed by atoms with E-state index in [0.29, 0.717) is 55.1 Å². The molecule has 0 spiro atoms. The van der Waals surface area contributed by atoms with Crippen molar-refractivity contribution in [3.05, 3.63) is 64.7 Å². The first-order valence-corrected chi connectivity index (χ1v) is 12.9. The summed E-state index contributed by atoms with van der Waals surface area (Å²) in [6.07, 6.45) is 1.04. The molecule has 2 aromatic carbocycles. The lowest BCUT2D eigenvalue weighted by Gasteiger charge is -2.34. The maximum atomic E-state index is 13.6. The Bertz CT molecular complexity index is 1180. The SMILES string of the molecule is CCO/N=C1/c2ccccc2/C(=N\OCC)c2cc(S(=O)(=O)N3CC(C)CC(C)C3)ccc21. The van der Waals surface area contributed by atoms with E-state index in [-0.39, 0.29) is 4.90 Å². The van der Waals surface area contributed by atoms with Crippen LogP contribution in [-0.2, 0) is 19.7 Å². The van der Waals surface area contributed by atoms with Crippen LogP contribution in [0.15, 0.2) is 57.7 Å². The Morgan fingerprint density at radius 2 is 1.36 bits per heavy atom. The van der Waals surface area contributed by atoms with Crippen molar-refractivity contribution < 1.29 is 18.1 Å². The molecule has 33 heavy (non-hydrogen) atoms. The highest BCUT2D eigenvalue weighted by Crippen LogP contribution is 2.33. The highest BCUT2D eigenvalue weighted by Gasteiger charge is 2.34. The lowest BCUT2D eigenvalue weighted by molar-refractivity contribution is 0.158. The summed E-state index contributed by atoms with van der Waals surface area (Å²) in [6.45, 7) is 9.84. The summed E-state index contributed by atoms with van der Waals surface area (Å²) in [5, 5.41) is 8.73. The molecule has 2 unspecified atom stereocenters. The van der Waals surface area contributed by atoms with Crippen LogP contribution in [-0.4, -0.2) is 50.4 Å². The third-order valence-corrected chi connectivity index (χ3v) is 7.81. The molecule has 176 valence electrons. The Kier molecular flexibility index (Phi) is 6.86. The third kappa shape index (κ3) is 4.54. The Hall–Kier alpha value is -2.71. The Labute approximate surface area is 196 Å². The number of fused-ring (bicyclic) bond motifs is 2. The average molecular weight is 470 g/mol. The topological polar surface area (TPSA) is 80.6 Å². The molecule has 1 saturated heterocycles. The Morgan fingerprint density at radius 3 is 1.91 bits per heavy atom. The second kappa shape index (κ2) is 9.65. The zero-order chi connectivity index (χ0) is 23.6. The van der Waals surface area contributed by atoms with Gasteiger partial charge in [-0.3, -0.25) is 0 Å². The van der Waals surface area contributed by atoms with Crippen LogP contribution in [0.1, 0.15) is 56.4 Å². The smallest absolute Gasteiger partial charge is 0.243 e. The van der Waals surface area contributed by atoms with E-state index in [2.05, 4.69) is 24.2 Å². The lowest BCUT2D eigenvalue weighted by Crippen LogP contribution is -2.42. The first-order valence-electron chi connectivity index (χ1n) is 11.5. The van der Waals surface area contributed by atoms with Gasteiger partial charge in [-0.1, -0.05) is 54.5 Å². The molecule has 0 N–H and O–H groups in total. The largest absolute Gasteiger partial charge is 0.396 e. The van der Waals surface area contributed by atoms with Crippen molar-refractivity contribution in [1.82, 2.24) is 4.31 Å². The summed E-state index contributed by atoms with van der Waals surface area (Å²) in [6, 6.07) is 12.9. The van der Waals surface area contributed by atoms with Crippen LogP contribution < -0.4 is 0 Å². The number of nitrogens with zero attached hydrogens (tertiary/aromatic N) is 3. The lowest BCUT2D eigenvalue weighted by atomic mass is 9.83. The second-order valence-corrected chi connectivity index (χ2v) is 10.7. The van der Waals surface area contributed by atoms with Crippen molar-refractivity contribution >= 4 is 21.4 Å². The molecule has 2 atom stereocenters. The van der Waals surface area contributed by atoms with E-state index in [1.807, 2.05) is 38.1 Å². The van der Waals surface area contributed by atoms with Gasteiger partial charge in [-0.15, -0.1) is 0 Å². The van der Waals surface area contributed by atoms with Crippen molar-refractivity contribution in [2.45, 2.75) is 39.0 Å². The average Bonchev–Trinajstić information content (AvgIpc) is 2.80. The van der Waals surface area contributed by atoms with E-state index in [1.54, 1.807) is 22.5 Å². The van der Waals surface area contributed by atoms with Gasteiger partial charge in [0.2, 0.25) is 10.0 Å². The molecule has 4 rings (SSSR count). The summed E-state index contributed by atoms with van der Waals surface area (Å²) in [7, 11) is -3.65. The van der Waals surface area contributed by atoms with Gasteiger partial charge in [0.1, 0.15) is 24.6 Å². The normalized spacial score (nSPS) is 23.3. The van der Waals surface area contributed by atoms with Crippen LogP contribution in [0, 0.1) is 11.8 Å². The number of benzene rings is 2. The van der Waals surface area contributed by atoms with Gasteiger partial charge in [0, 0.05) is 35.3 Å². The standard InChI is InChI=1S/C25H31N3O4S/c1-5-31-26-24-20-9-7-8-10-21(20)25(27-32-6-2)23-14-19(11-12-22(23)24)33(29,30)28-15-17(3)13-18(4)16-28/h7-12,14,17-18H,5-6,13,15-16H2,1-4H3/b26-24-,27-25+. The summed E-state index contributed by atoms with van der Waals surface area (Å²) in [5.74, 6) is 0.654. The number of rotatable bonds is 6. The van der Waals surface area contributed by atoms with Gasteiger partial charge in [0.05, 0.1) is 4.90 Å². The van der Waals surface area contributed by atoms with Crippen LogP contribution in [0.25, 0.3) is 0 Å². The fourth-order valence-electron chi connectivity index (χ4n) is 4.68. The van der Waals surface area contributed by atoms with Gasteiger partial charge in [0.25, 0.3) is 0 Å². The van der Waals surface area contributed by atoms with Gasteiger partial charge in [-0.05, 0) is 44.2 Å². The van der Waals surface area contributed by atoms with Crippen molar-refractivity contribution in [3.63, 3.8) is 0 Å². The molecular weight excluding hydrogens is 438 g/mol. The molecule has 2 aromatic rings. The molecule has 1 heterocycles. The molecule has 0 saturated carbocycles. The first kappa shape index (κ1) is 23.4. The highest BCUT2D eigenvalue weighted by molar-refractivity contribution is 7.89. The molecule has 8 heteroatoms. The summed E-state index contributed by atoms with van der Waals surface area (Å²) >= 11 is 0. The molecular formula is C25H31N3O4S. The van der Waals surface area contributed by atoms with Crippen LogP contribution >= 0.6 is 0 Å². The second-order valence-electron chi connectivity index (χ2n) is 8.74. The molecule has 1 aliphatic carbocycles. The van der Waals surface area contributed by atoms with Crippen LogP contribution in [0.2, 0.25) is 0 Å². The predicted molar refractivity (Wildman–Crippen MR) is 129 cm³/mol. The number of hydrogen-bond donors (Lipinski definition) is 0. The van der Waals surface area contributed by atoms with Gasteiger partial charge < -0.3 is 9.68 Å². The van der Waals surface area contributed by atoms with Crippen LogP contribution in [0.3, 0.4) is 0 Å². The quantitative estimate of drug-likeness (QED) is 0.506. The highest BCUT2D eigenvalue weighted by atomic mass is 32.2. The number of hydrogen-bond acceptors (Lipinski definition) is 6. The van der Waals surface area contributed by atoms with Crippen molar-refractivity contribution in [3.8, 4) is 0 Å². The van der Waals surface area contributed by atoms with E-state index in [9.17, 15) is 8.42 Å². The van der Waals surface area contributed by atoms with Crippen molar-refractivity contribution in [2.24, 2.45) is 22.1 Å². The zero-order valence-corrected chi connectivity index (χ0v) is 20.4. The van der Waals surface area contributed by atoms with Gasteiger partial charge in [-0.25, -0.2) is 8.42 Å². The van der Waals surface area contributed by atoms with Crippen LogP contribution in [0.5, 0.6) is 0 Å². The molecule has 0 radical (unpaired) electrons. The van der Waals surface area contributed by atoms with Crippen molar-refractivity contribution in [1.29, 1.82) is 0 Å². The number of piperidine rings is 1. The number of sulfonamides is 1. The molecule has 0 aromatic heterocycles. The van der Waals surface area contributed by atoms with E-state index < -0.39 is 10.0 Å². The minimum atomic E-state index is -3.65. The van der Waals surface area contributed by atoms with Crippen LogP contribution in [0.4, 0.5) is 0 Å². The minimum absolute atomic E-state index is 0.252. The van der Waals surface area contributed by atoms with Gasteiger partial charge >= 0.3 is 0 Å². The first-order chi connectivity index (χ1) is 15.9. The molecule has 2 aliphatic rings. The fourth-order valence-corrected chi connectivity index (χ4v) is 6.38. The summed E-state index contributed by atoms with van der Waals surface area (Å²) in [4.78, 5) is 11.1. The van der Waals surface area contributed by atoms with E-state index in [1.165, 1.54) is 0 Å². The summed E-state index contributed by atoms with van der Waals surface area (Å²) < 4.78 is 28.8. The zero-order valence-electron chi connectivity index (χ0n) is 19.6. The third-order valence-electron chi connectivity index (χ3n) is 5.98.